The van der Waals surface area contributed by atoms with Crippen LogP contribution in [0.2, 0.25) is 5.02 Å². The van der Waals surface area contributed by atoms with E-state index in [1.807, 2.05) is 25.1 Å². The van der Waals surface area contributed by atoms with E-state index in [0.717, 1.165) is 21.6 Å². The summed E-state index contributed by atoms with van der Waals surface area (Å²) < 4.78 is 0. The van der Waals surface area contributed by atoms with E-state index in [2.05, 4.69) is 29.2 Å². The van der Waals surface area contributed by atoms with Crippen LogP contribution < -0.4 is 0 Å². The number of benzene rings is 2. The molecule has 16 heavy (non-hydrogen) atoms. The van der Waals surface area contributed by atoms with Crippen LogP contribution in [-0.2, 0) is 0 Å². The quantitative estimate of drug-likeness (QED) is 0.521. The summed E-state index contributed by atoms with van der Waals surface area (Å²) >= 11 is 6.22. The SMILES string of the molecule is Cc1cc(Cl)c2cc3ccccc3cc2n1. The second kappa shape index (κ2) is 3.46. The highest BCUT2D eigenvalue weighted by atomic mass is 35.5. The monoisotopic (exact) mass is 227 g/mol. The molecule has 2 aromatic carbocycles. The molecule has 1 heterocycles. The molecule has 0 fully saturated rings. The fourth-order valence-electron chi connectivity index (χ4n) is 2.00. The fraction of sp³-hybridized carbons (Fsp3) is 0.0714. The van der Waals surface area contributed by atoms with Crippen molar-refractivity contribution >= 4 is 33.3 Å². The molecule has 0 saturated heterocycles. The molecule has 0 radical (unpaired) electrons. The van der Waals surface area contributed by atoms with Gasteiger partial charge in [0.1, 0.15) is 0 Å². The first kappa shape index (κ1) is 9.61. The number of aromatic nitrogens is 1. The number of rotatable bonds is 0. The molecule has 78 valence electrons. The molecule has 1 nitrogen and oxygen atoms in total. The summed E-state index contributed by atoms with van der Waals surface area (Å²) in [7, 11) is 0. The third kappa shape index (κ3) is 1.44. The lowest BCUT2D eigenvalue weighted by Gasteiger charge is -2.04. The Balaban J connectivity index is 2.51. The van der Waals surface area contributed by atoms with E-state index in [1.165, 1.54) is 10.8 Å². The Morgan fingerprint density at radius 2 is 1.69 bits per heavy atom. The molecular weight excluding hydrogens is 218 g/mol. The number of hydrogen-bond acceptors (Lipinski definition) is 1. The van der Waals surface area contributed by atoms with Crippen molar-refractivity contribution in [2.45, 2.75) is 6.92 Å². The molecule has 0 aliphatic carbocycles. The summed E-state index contributed by atoms with van der Waals surface area (Å²) in [6.07, 6.45) is 0. The first-order chi connectivity index (χ1) is 7.74. The lowest BCUT2D eigenvalue weighted by atomic mass is 10.1. The van der Waals surface area contributed by atoms with Gasteiger partial charge < -0.3 is 0 Å². The first-order valence-electron chi connectivity index (χ1n) is 5.20. The van der Waals surface area contributed by atoms with Crippen molar-refractivity contribution in [2.24, 2.45) is 0 Å². The molecule has 0 amide bonds. The third-order valence-corrected chi connectivity index (χ3v) is 3.07. The zero-order chi connectivity index (χ0) is 11.1. The van der Waals surface area contributed by atoms with Crippen LogP contribution in [-0.4, -0.2) is 4.98 Å². The molecular formula is C14H10ClN. The van der Waals surface area contributed by atoms with E-state index >= 15 is 0 Å². The van der Waals surface area contributed by atoms with Gasteiger partial charge in [0.05, 0.1) is 10.5 Å². The highest BCUT2D eigenvalue weighted by Gasteiger charge is 2.03. The van der Waals surface area contributed by atoms with Crippen LogP contribution in [0.1, 0.15) is 5.69 Å². The maximum Gasteiger partial charge on any atom is 0.0726 e. The number of fused-ring (bicyclic) bond motifs is 2. The molecule has 0 N–H and O–H groups in total. The number of aryl methyl sites for hydroxylation is 1. The Hall–Kier alpha value is -1.60. The Labute approximate surface area is 98.7 Å². The van der Waals surface area contributed by atoms with E-state index < -0.39 is 0 Å². The molecule has 1 aromatic heterocycles. The highest BCUT2D eigenvalue weighted by Crippen LogP contribution is 2.27. The average molecular weight is 228 g/mol. The normalized spacial score (nSPS) is 11.1. The minimum atomic E-state index is 0.772. The van der Waals surface area contributed by atoms with E-state index in [9.17, 15) is 0 Å². The molecule has 0 bridgehead atoms. The summed E-state index contributed by atoms with van der Waals surface area (Å²) in [6.45, 7) is 1.96. The summed E-state index contributed by atoms with van der Waals surface area (Å²) in [4.78, 5) is 4.50. The summed E-state index contributed by atoms with van der Waals surface area (Å²) in [6, 6.07) is 14.3. The minimum absolute atomic E-state index is 0.772. The Bertz CT molecular complexity index is 689. The summed E-state index contributed by atoms with van der Waals surface area (Å²) in [5.41, 5.74) is 1.91. The van der Waals surface area contributed by atoms with Gasteiger partial charge in [0.2, 0.25) is 0 Å². The molecule has 0 spiro atoms. The topological polar surface area (TPSA) is 12.9 Å². The molecule has 2 heteroatoms. The number of nitrogens with zero attached hydrogens (tertiary/aromatic N) is 1. The van der Waals surface area contributed by atoms with Crippen LogP contribution in [0.4, 0.5) is 0 Å². The predicted molar refractivity (Wildman–Crippen MR) is 69.0 cm³/mol. The third-order valence-electron chi connectivity index (χ3n) is 2.75. The van der Waals surface area contributed by atoms with Gasteiger partial charge in [0.25, 0.3) is 0 Å². The van der Waals surface area contributed by atoms with E-state index in [1.54, 1.807) is 0 Å². The van der Waals surface area contributed by atoms with Gasteiger partial charge in [-0.15, -0.1) is 0 Å². The number of hydrogen-bond donors (Lipinski definition) is 0. The summed E-state index contributed by atoms with van der Waals surface area (Å²) in [5, 5.41) is 4.19. The first-order valence-corrected chi connectivity index (χ1v) is 5.57. The molecule has 0 aliphatic heterocycles. The second-order valence-corrected chi connectivity index (χ2v) is 4.37. The Kier molecular flexibility index (Phi) is 2.08. The number of halogens is 1. The van der Waals surface area contributed by atoms with Gasteiger partial charge in [-0.2, -0.15) is 0 Å². The fourth-order valence-corrected chi connectivity index (χ4v) is 2.30. The van der Waals surface area contributed by atoms with Crippen molar-refractivity contribution in [1.29, 1.82) is 0 Å². The zero-order valence-electron chi connectivity index (χ0n) is 8.87. The minimum Gasteiger partial charge on any atom is -0.253 e. The maximum absolute atomic E-state index is 6.22. The van der Waals surface area contributed by atoms with E-state index in [-0.39, 0.29) is 0 Å². The Morgan fingerprint density at radius 1 is 1.00 bits per heavy atom. The van der Waals surface area contributed by atoms with E-state index in [0.29, 0.717) is 0 Å². The highest BCUT2D eigenvalue weighted by molar-refractivity contribution is 6.35. The molecule has 0 aliphatic rings. The zero-order valence-corrected chi connectivity index (χ0v) is 9.62. The van der Waals surface area contributed by atoms with Gasteiger partial charge in [0, 0.05) is 11.1 Å². The van der Waals surface area contributed by atoms with Gasteiger partial charge in [-0.25, -0.2) is 0 Å². The largest absolute Gasteiger partial charge is 0.253 e. The van der Waals surface area contributed by atoms with E-state index in [4.69, 9.17) is 11.6 Å². The number of pyridine rings is 1. The van der Waals surface area contributed by atoms with Crippen molar-refractivity contribution in [3.8, 4) is 0 Å². The van der Waals surface area contributed by atoms with Crippen molar-refractivity contribution in [3.05, 3.63) is 53.2 Å². The van der Waals surface area contributed by atoms with Crippen molar-refractivity contribution in [3.63, 3.8) is 0 Å². The molecule has 3 rings (SSSR count). The second-order valence-electron chi connectivity index (χ2n) is 3.96. The van der Waals surface area contributed by atoms with Crippen LogP contribution in [0.15, 0.2) is 42.5 Å². The van der Waals surface area contributed by atoms with Gasteiger partial charge in [-0.3, -0.25) is 4.98 Å². The lowest BCUT2D eigenvalue weighted by molar-refractivity contribution is 1.26. The van der Waals surface area contributed by atoms with Crippen molar-refractivity contribution in [2.75, 3.05) is 0 Å². The maximum atomic E-state index is 6.22. The van der Waals surface area contributed by atoms with Gasteiger partial charge in [0.15, 0.2) is 0 Å². The smallest absolute Gasteiger partial charge is 0.0726 e. The van der Waals surface area contributed by atoms with Crippen LogP contribution >= 0.6 is 11.6 Å². The lowest BCUT2D eigenvalue weighted by Crippen LogP contribution is -1.85. The van der Waals surface area contributed by atoms with Crippen LogP contribution in [0.3, 0.4) is 0 Å². The molecule has 0 atom stereocenters. The molecule has 0 saturated carbocycles. The van der Waals surface area contributed by atoms with Gasteiger partial charge in [-0.1, -0.05) is 35.9 Å². The van der Waals surface area contributed by atoms with Crippen LogP contribution in [0, 0.1) is 6.92 Å². The van der Waals surface area contributed by atoms with Crippen molar-refractivity contribution in [1.82, 2.24) is 4.98 Å². The molecule has 3 aromatic rings. The Morgan fingerprint density at radius 3 is 2.44 bits per heavy atom. The van der Waals surface area contributed by atoms with Gasteiger partial charge in [-0.05, 0) is 35.9 Å². The molecule has 0 unspecified atom stereocenters. The standard InChI is InChI=1S/C14H10ClN/c1-9-6-13(15)12-7-10-4-2-3-5-11(10)8-14(12)16-9/h2-8H,1H3. The van der Waals surface area contributed by atoms with Crippen LogP contribution in [0.5, 0.6) is 0 Å². The van der Waals surface area contributed by atoms with Gasteiger partial charge >= 0.3 is 0 Å². The predicted octanol–water partition coefficient (Wildman–Crippen LogP) is 4.35. The van der Waals surface area contributed by atoms with Crippen molar-refractivity contribution < 1.29 is 0 Å². The van der Waals surface area contributed by atoms with Crippen LogP contribution in [0.25, 0.3) is 21.7 Å². The summed E-state index contributed by atoms with van der Waals surface area (Å²) in [5.74, 6) is 0. The average Bonchev–Trinajstić information content (AvgIpc) is 2.27.